The van der Waals surface area contributed by atoms with Crippen molar-refractivity contribution in [1.82, 2.24) is 0 Å². The van der Waals surface area contributed by atoms with Gasteiger partial charge in [-0.15, -0.1) is 0 Å². The number of hydrogen-bond donors (Lipinski definition) is 1. The fraction of sp³-hybridized carbons (Fsp3) is 1.00. The van der Waals surface area contributed by atoms with Crippen LogP contribution >= 0.6 is 23.3 Å². The molecule has 0 amide bonds. The SMILES string of the molecule is COP1(=O)CCC(C)(O)C1Br. The standard InChI is InChI=1S/C6H12BrO3P/c1-6(8)3-4-11(9,10-2)5(6)7/h5,8H,3-4H2,1-2H3. The lowest BCUT2D eigenvalue weighted by molar-refractivity contribution is 0.0811. The van der Waals surface area contributed by atoms with E-state index < -0.39 is 17.5 Å². The Hall–Kier alpha value is 0.630. The van der Waals surface area contributed by atoms with Crippen LogP contribution in [0, 0.1) is 0 Å². The Morgan fingerprint density at radius 2 is 2.36 bits per heavy atom. The van der Waals surface area contributed by atoms with Gasteiger partial charge in [0.2, 0.25) is 7.37 Å². The zero-order valence-corrected chi connectivity index (χ0v) is 9.06. The molecule has 3 unspecified atom stereocenters. The van der Waals surface area contributed by atoms with Gasteiger partial charge in [0.15, 0.2) is 0 Å². The van der Waals surface area contributed by atoms with Gasteiger partial charge in [-0.2, -0.15) is 0 Å². The van der Waals surface area contributed by atoms with Crippen LogP contribution in [0.1, 0.15) is 13.3 Å². The van der Waals surface area contributed by atoms with E-state index in [0.717, 1.165) is 0 Å². The van der Waals surface area contributed by atoms with Crippen LogP contribution in [0.2, 0.25) is 0 Å². The fourth-order valence-electron chi connectivity index (χ4n) is 1.22. The van der Waals surface area contributed by atoms with Gasteiger partial charge in [-0.3, -0.25) is 4.57 Å². The summed E-state index contributed by atoms with van der Waals surface area (Å²) in [7, 11) is -1.17. The lowest BCUT2D eigenvalue weighted by atomic mass is 10.1. The second-order valence-corrected chi connectivity index (χ2v) is 7.48. The zero-order chi connectivity index (χ0) is 8.70. The van der Waals surface area contributed by atoms with Crippen LogP contribution in [0.5, 0.6) is 0 Å². The molecule has 1 heterocycles. The van der Waals surface area contributed by atoms with E-state index in [1.54, 1.807) is 6.92 Å². The highest BCUT2D eigenvalue weighted by molar-refractivity contribution is 9.10. The molecule has 0 radical (unpaired) electrons. The first-order valence-electron chi connectivity index (χ1n) is 3.43. The molecule has 1 saturated heterocycles. The number of hydrogen-bond acceptors (Lipinski definition) is 3. The zero-order valence-electron chi connectivity index (χ0n) is 6.58. The highest BCUT2D eigenvalue weighted by Crippen LogP contribution is 2.64. The average Bonchev–Trinajstić information content (AvgIpc) is 2.16. The van der Waals surface area contributed by atoms with E-state index in [1.165, 1.54) is 7.11 Å². The molecule has 11 heavy (non-hydrogen) atoms. The van der Waals surface area contributed by atoms with Gasteiger partial charge in [0.25, 0.3) is 0 Å². The minimum absolute atomic E-state index is 0.410. The van der Waals surface area contributed by atoms with Crippen molar-refractivity contribution in [2.45, 2.75) is 23.5 Å². The smallest absolute Gasteiger partial charge is 0.219 e. The highest BCUT2D eigenvalue weighted by atomic mass is 79.9. The van der Waals surface area contributed by atoms with Crippen LogP contribution in [0.3, 0.4) is 0 Å². The number of alkyl halides is 1. The van der Waals surface area contributed by atoms with Crippen LogP contribution in [0.15, 0.2) is 0 Å². The van der Waals surface area contributed by atoms with Crippen molar-refractivity contribution in [2.75, 3.05) is 13.3 Å². The predicted molar refractivity (Wildman–Crippen MR) is 47.4 cm³/mol. The summed E-state index contributed by atoms with van der Waals surface area (Å²) >= 11 is 3.20. The highest BCUT2D eigenvalue weighted by Gasteiger charge is 2.50. The first-order chi connectivity index (χ1) is 4.92. The minimum atomic E-state index is -2.60. The molecule has 1 N–H and O–H groups in total. The summed E-state index contributed by atoms with van der Waals surface area (Å²) in [4.78, 5) is 0. The fourth-order valence-corrected chi connectivity index (χ4v) is 4.90. The summed E-state index contributed by atoms with van der Waals surface area (Å²) in [5.41, 5.74) is -0.883. The van der Waals surface area contributed by atoms with E-state index in [1.807, 2.05) is 0 Å². The maximum atomic E-state index is 11.7. The summed E-state index contributed by atoms with van der Waals surface area (Å²) in [5.74, 6) is 0. The lowest BCUT2D eigenvalue weighted by Gasteiger charge is -2.22. The molecule has 1 aliphatic heterocycles. The van der Waals surface area contributed by atoms with Gasteiger partial charge in [0.1, 0.15) is 4.57 Å². The average molecular weight is 243 g/mol. The monoisotopic (exact) mass is 242 g/mol. The summed E-state index contributed by atoms with van der Waals surface area (Å²) in [6, 6.07) is 0. The quantitative estimate of drug-likeness (QED) is 0.564. The van der Waals surface area contributed by atoms with Crippen molar-refractivity contribution in [3.63, 3.8) is 0 Å². The maximum absolute atomic E-state index is 11.7. The lowest BCUT2D eigenvalue weighted by Crippen LogP contribution is -2.28. The first kappa shape index (κ1) is 9.72. The predicted octanol–water partition coefficient (Wildman–Crippen LogP) is 1.79. The van der Waals surface area contributed by atoms with Gasteiger partial charge in [0.05, 0.1) is 5.60 Å². The molecule has 3 atom stereocenters. The maximum Gasteiger partial charge on any atom is 0.219 e. The van der Waals surface area contributed by atoms with Crippen molar-refractivity contribution >= 4 is 23.3 Å². The second-order valence-electron chi connectivity index (χ2n) is 3.08. The Balaban J connectivity index is 2.87. The van der Waals surface area contributed by atoms with Crippen molar-refractivity contribution < 1.29 is 14.2 Å². The van der Waals surface area contributed by atoms with Crippen LogP contribution in [-0.4, -0.2) is 28.5 Å². The molecular formula is C6H12BrO3P. The van der Waals surface area contributed by atoms with E-state index in [-0.39, 0.29) is 0 Å². The number of aliphatic hydroxyl groups is 1. The Labute approximate surface area is 74.7 Å². The molecule has 3 nitrogen and oxygen atoms in total. The largest absolute Gasteiger partial charge is 0.388 e. The van der Waals surface area contributed by atoms with Crippen molar-refractivity contribution in [1.29, 1.82) is 0 Å². The van der Waals surface area contributed by atoms with Crippen molar-refractivity contribution in [3.05, 3.63) is 0 Å². The van der Waals surface area contributed by atoms with E-state index in [0.29, 0.717) is 12.6 Å². The van der Waals surface area contributed by atoms with Crippen LogP contribution < -0.4 is 0 Å². The van der Waals surface area contributed by atoms with E-state index in [2.05, 4.69) is 15.9 Å². The molecule has 0 aromatic rings. The molecule has 1 rings (SSSR count). The number of halogens is 1. The minimum Gasteiger partial charge on any atom is -0.388 e. The van der Waals surface area contributed by atoms with E-state index in [4.69, 9.17) is 4.52 Å². The van der Waals surface area contributed by atoms with E-state index in [9.17, 15) is 9.67 Å². The third-order valence-electron chi connectivity index (χ3n) is 2.10. The Morgan fingerprint density at radius 3 is 2.55 bits per heavy atom. The molecule has 0 aliphatic carbocycles. The van der Waals surface area contributed by atoms with Crippen molar-refractivity contribution in [3.8, 4) is 0 Å². The third kappa shape index (κ3) is 1.55. The van der Waals surface area contributed by atoms with E-state index >= 15 is 0 Å². The van der Waals surface area contributed by atoms with Gasteiger partial charge < -0.3 is 9.63 Å². The summed E-state index contributed by atoms with van der Waals surface area (Å²) in [5, 5.41) is 9.63. The van der Waals surface area contributed by atoms with Gasteiger partial charge in [0, 0.05) is 13.3 Å². The molecule has 0 aromatic heterocycles. The molecule has 5 heteroatoms. The molecule has 0 spiro atoms. The molecular weight excluding hydrogens is 231 g/mol. The Kier molecular flexibility index (Phi) is 2.51. The van der Waals surface area contributed by atoms with Crippen LogP contribution in [0.25, 0.3) is 0 Å². The Bertz CT molecular complexity index is 204. The molecule has 0 bridgehead atoms. The van der Waals surface area contributed by atoms with Crippen molar-refractivity contribution in [2.24, 2.45) is 0 Å². The second kappa shape index (κ2) is 2.84. The van der Waals surface area contributed by atoms with Crippen LogP contribution in [0.4, 0.5) is 0 Å². The topological polar surface area (TPSA) is 46.5 Å². The summed E-state index contributed by atoms with van der Waals surface area (Å²) in [6.07, 6.45) is 1.00. The molecule has 1 fully saturated rings. The van der Waals surface area contributed by atoms with Gasteiger partial charge in [-0.1, -0.05) is 15.9 Å². The van der Waals surface area contributed by atoms with Crippen LogP contribution in [-0.2, 0) is 9.09 Å². The molecule has 0 aromatic carbocycles. The normalized spacial score (nSPS) is 51.5. The Morgan fingerprint density at radius 1 is 1.82 bits per heavy atom. The molecule has 1 aliphatic rings. The molecule has 0 saturated carbocycles. The van der Waals surface area contributed by atoms with Gasteiger partial charge >= 0.3 is 0 Å². The summed E-state index contributed by atoms with van der Waals surface area (Å²) < 4.78 is 16.2. The number of rotatable bonds is 1. The first-order valence-corrected chi connectivity index (χ1v) is 6.23. The van der Waals surface area contributed by atoms with Gasteiger partial charge in [-0.25, -0.2) is 0 Å². The third-order valence-corrected chi connectivity index (χ3v) is 7.67. The van der Waals surface area contributed by atoms with Gasteiger partial charge in [-0.05, 0) is 13.3 Å². The molecule has 66 valence electrons. The summed E-state index contributed by atoms with van der Waals surface area (Å²) in [6.45, 7) is 1.67.